The second-order valence-electron chi connectivity index (χ2n) is 4.99. The van der Waals surface area contributed by atoms with E-state index < -0.39 is 18.6 Å². The van der Waals surface area contributed by atoms with Crippen LogP contribution in [0.15, 0.2) is 18.2 Å². The summed E-state index contributed by atoms with van der Waals surface area (Å²) in [5.41, 5.74) is 2.78. The molecule has 16 heavy (non-hydrogen) atoms. The van der Waals surface area contributed by atoms with Gasteiger partial charge in [0, 0.05) is 0 Å². The van der Waals surface area contributed by atoms with Gasteiger partial charge < -0.3 is 0 Å². The first-order chi connectivity index (χ1) is 7.40. The Hall–Kier alpha value is -0.146. The monoisotopic (exact) mass is 257 g/mol. The first-order valence-corrected chi connectivity index (χ1v) is 7.52. The van der Waals surface area contributed by atoms with Crippen LogP contribution in [-0.4, -0.2) is 14.2 Å². The van der Waals surface area contributed by atoms with Crippen LogP contribution in [0.1, 0.15) is 31.9 Å². The molecule has 0 atom stereocenters. The molecule has 0 heterocycles. The van der Waals surface area contributed by atoms with Crippen LogP contribution in [0.4, 0.5) is 0 Å². The SMILES string of the molecule is C[O][Ti]([O]C)[c]1ccc(C)cc1C(C)(C)C. The summed E-state index contributed by atoms with van der Waals surface area (Å²) in [5.74, 6) is 0. The van der Waals surface area contributed by atoms with E-state index in [4.69, 9.17) is 6.64 Å². The Kier molecular flexibility index (Phi) is 4.75. The zero-order valence-corrected chi connectivity index (χ0v) is 12.6. The summed E-state index contributed by atoms with van der Waals surface area (Å²) in [5, 5.41) is 0. The third kappa shape index (κ3) is 3.17. The van der Waals surface area contributed by atoms with E-state index in [1.807, 2.05) is 0 Å². The second kappa shape index (κ2) is 5.46. The van der Waals surface area contributed by atoms with Crippen molar-refractivity contribution in [1.29, 1.82) is 0 Å². The van der Waals surface area contributed by atoms with Gasteiger partial charge in [-0.15, -0.1) is 0 Å². The predicted molar refractivity (Wildman–Crippen MR) is 63.5 cm³/mol. The summed E-state index contributed by atoms with van der Waals surface area (Å²) in [6.45, 7) is 8.81. The molecule has 1 aromatic carbocycles. The molecule has 0 N–H and O–H groups in total. The van der Waals surface area contributed by atoms with Crippen LogP contribution in [0, 0.1) is 6.92 Å². The first-order valence-electron chi connectivity index (χ1n) is 5.46. The molecule has 1 aromatic rings. The van der Waals surface area contributed by atoms with Gasteiger partial charge in [0.15, 0.2) is 0 Å². The molecular formula is C13H21O2Ti. The second-order valence-corrected chi connectivity index (χ2v) is 8.01. The van der Waals surface area contributed by atoms with Gasteiger partial charge in [-0.2, -0.15) is 0 Å². The summed E-state index contributed by atoms with van der Waals surface area (Å²) in [6.07, 6.45) is 0. The molecule has 0 saturated carbocycles. The van der Waals surface area contributed by atoms with E-state index in [1.165, 1.54) is 15.0 Å². The molecule has 0 aliphatic heterocycles. The van der Waals surface area contributed by atoms with E-state index in [1.54, 1.807) is 14.2 Å². The van der Waals surface area contributed by atoms with E-state index >= 15 is 0 Å². The van der Waals surface area contributed by atoms with Crippen molar-refractivity contribution in [3.8, 4) is 0 Å². The molecule has 0 unspecified atom stereocenters. The number of hydrogen-bond donors (Lipinski definition) is 0. The summed E-state index contributed by atoms with van der Waals surface area (Å²) < 4.78 is 12.3. The predicted octanol–water partition coefficient (Wildman–Crippen LogP) is 2.66. The maximum absolute atomic E-state index is 5.51. The van der Waals surface area contributed by atoms with E-state index in [9.17, 15) is 0 Å². The van der Waals surface area contributed by atoms with Gasteiger partial charge in [0.05, 0.1) is 0 Å². The average molecular weight is 257 g/mol. The fraction of sp³-hybridized carbons (Fsp3) is 0.538. The van der Waals surface area contributed by atoms with Crippen molar-refractivity contribution in [2.45, 2.75) is 33.1 Å². The average Bonchev–Trinajstić information content (AvgIpc) is 2.20. The third-order valence-electron chi connectivity index (χ3n) is 2.57. The minimum atomic E-state index is -2.00. The van der Waals surface area contributed by atoms with Gasteiger partial charge in [-0.3, -0.25) is 0 Å². The van der Waals surface area contributed by atoms with E-state index in [-0.39, 0.29) is 5.41 Å². The Labute approximate surface area is 106 Å². The van der Waals surface area contributed by atoms with Crippen molar-refractivity contribution in [2.24, 2.45) is 0 Å². The zero-order valence-electron chi connectivity index (χ0n) is 11.0. The van der Waals surface area contributed by atoms with Crippen molar-refractivity contribution in [1.82, 2.24) is 0 Å². The molecular weight excluding hydrogens is 236 g/mol. The zero-order chi connectivity index (χ0) is 12.3. The summed E-state index contributed by atoms with van der Waals surface area (Å²) in [6, 6.07) is 6.55. The fourth-order valence-corrected chi connectivity index (χ4v) is 4.09. The van der Waals surface area contributed by atoms with Crippen molar-refractivity contribution in [3.63, 3.8) is 0 Å². The molecule has 0 fully saturated rings. The Balaban J connectivity index is 3.27. The van der Waals surface area contributed by atoms with Crippen LogP contribution in [0.5, 0.6) is 0 Å². The number of benzene rings is 1. The van der Waals surface area contributed by atoms with Crippen LogP contribution < -0.4 is 3.87 Å². The van der Waals surface area contributed by atoms with Crippen LogP contribution in [-0.2, 0) is 30.7 Å². The molecule has 0 aliphatic rings. The number of hydrogen-bond acceptors (Lipinski definition) is 2. The normalized spacial score (nSPS) is 11.6. The van der Waals surface area contributed by atoms with Gasteiger partial charge >= 0.3 is 106 Å². The van der Waals surface area contributed by atoms with Gasteiger partial charge in [0.1, 0.15) is 0 Å². The molecule has 0 bridgehead atoms. The summed E-state index contributed by atoms with van der Waals surface area (Å²) in [7, 11) is 3.48. The molecule has 0 aromatic heterocycles. The molecule has 3 heteroatoms. The Morgan fingerprint density at radius 2 is 1.62 bits per heavy atom. The molecule has 0 spiro atoms. The Bertz CT molecular complexity index is 351. The molecule has 0 radical (unpaired) electrons. The van der Waals surface area contributed by atoms with Crippen molar-refractivity contribution >= 4 is 3.87 Å². The molecule has 0 aliphatic carbocycles. The topological polar surface area (TPSA) is 18.5 Å². The molecule has 0 saturated heterocycles. The third-order valence-corrected chi connectivity index (χ3v) is 5.10. The van der Waals surface area contributed by atoms with E-state index in [2.05, 4.69) is 45.9 Å². The van der Waals surface area contributed by atoms with E-state index in [0.29, 0.717) is 0 Å². The van der Waals surface area contributed by atoms with Crippen molar-refractivity contribution in [2.75, 3.05) is 14.2 Å². The van der Waals surface area contributed by atoms with Crippen LogP contribution in [0.2, 0.25) is 0 Å². The van der Waals surface area contributed by atoms with E-state index in [0.717, 1.165) is 0 Å². The Morgan fingerprint density at radius 3 is 2.06 bits per heavy atom. The first kappa shape index (κ1) is 13.9. The van der Waals surface area contributed by atoms with Crippen LogP contribution >= 0.6 is 0 Å². The Morgan fingerprint density at radius 1 is 1.06 bits per heavy atom. The summed E-state index contributed by atoms with van der Waals surface area (Å²) >= 11 is -2.00. The molecule has 2 nitrogen and oxygen atoms in total. The quantitative estimate of drug-likeness (QED) is 0.775. The van der Waals surface area contributed by atoms with Gasteiger partial charge in [-0.25, -0.2) is 0 Å². The number of aryl methyl sites for hydroxylation is 1. The van der Waals surface area contributed by atoms with Crippen molar-refractivity contribution < 1.29 is 25.3 Å². The fourth-order valence-electron chi connectivity index (χ4n) is 1.76. The van der Waals surface area contributed by atoms with Gasteiger partial charge in [0.2, 0.25) is 0 Å². The number of rotatable bonds is 3. The standard InChI is InChI=1S/C11H15.2CH3O.Ti/c1-9-6-5-7-10(8-9)11(2,3)4;2*1-2;/h5-6,8H,1-4H3;2*1H3;/q;2*-1;+2. The maximum atomic E-state index is 5.51. The molecule has 89 valence electrons. The molecule has 0 amide bonds. The minimum absolute atomic E-state index is 0.136. The van der Waals surface area contributed by atoms with Crippen LogP contribution in [0.3, 0.4) is 0 Å². The summed E-state index contributed by atoms with van der Waals surface area (Å²) in [4.78, 5) is 0. The van der Waals surface area contributed by atoms with Crippen molar-refractivity contribution in [3.05, 3.63) is 29.3 Å². The van der Waals surface area contributed by atoms with Gasteiger partial charge in [0.25, 0.3) is 0 Å². The van der Waals surface area contributed by atoms with Gasteiger partial charge in [-0.1, -0.05) is 0 Å². The van der Waals surface area contributed by atoms with Crippen LogP contribution in [0.25, 0.3) is 0 Å². The molecule has 1 rings (SSSR count). The van der Waals surface area contributed by atoms with Gasteiger partial charge in [-0.05, 0) is 0 Å².